The molecule has 1 aliphatic rings. The van der Waals surface area contributed by atoms with Crippen LogP contribution in [0, 0.1) is 5.92 Å². The lowest BCUT2D eigenvalue weighted by atomic mass is 10.0. The maximum atomic E-state index is 11.4. The van der Waals surface area contributed by atoms with Crippen molar-refractivity contribution in [1.82, 2.24) is 5.32 Å². The molecule has 0 radical (unpaired) electrons. The molecule has 0 amide bonds. The van der Waals surface area contributed by atoms with Crippen molar-refractivity contribution < 1.29 is 18.3 Å². The van der Waals surface area contributed by atoms with E-state index in [0.717, 1.165) is 6.42 Å². The summed E-state index contributed by atoms with van der Waals surface area (Å²) in [5.41, 5.74) is 0. The maximum absolute atomic E-state index is 11.4. The summed E-state index contributed by atoms with van der Waals surface area (Å²) in [7, 11) is -2.93. The second-order valence-corrected chi connectivity index (χ2v) is 6.76. The number of carboxylic acids is 1. The first kappa shape index (κ1) is 13.4. The summed E-state index contributed by atoms with van der Waals surface area (Å²) in [6, 6.07) is -0.314. The number of rotatable bonds is 4. The van der Waals surface area contributed by atoms with Gasteiger partial charge in [0.25, 0.3) is 0 Å². The average Bonchev–Trinajstić information content (AvgIpc) is 2.14. The molecule has 6 heteroatoms. The predicted octanol–water partition coefficient (Wildman–Crippen LogP) is 0.262. The van der Waals surface area contributed by atoms with E-state index in [4.69, 9.17) is 5.11 Å². The minimum Gasteiger partial charge on any atom is -0.481 e. The fourth-order valence-corrected chi connectivity index (χ4v) is 3.53. The van der Waals surface area contributed by atoms with Crippen LogP contribution in [0.25, 0.3) is 0 Å². The standard InChI is InChI=1S/C10H19NO4S/c1-7(10(12)13)8(2)11-9-4-3-5-16(14,15)6-9/h7-9,11H,3-6H2,1-2H3,(H,12,13). The van der Waals surface area contributed by atoms with Gasteiger partial charge in [0.1, 0.15) is 0 Å². The molecule has 0 aromatic carbocycles. The largest absolute Gasteiger partial charge is 0.481 e. The molecule has 1 rings (SSSR count). The molecular weight excluding hydrogens is 230 g/mol. The Hall–Kier alpha value is -0.620. The van der Waals surface area contributed by atoms with E-state index in [2.05, 4.69) is 5.32 Å². The number of aliphatic carboxylic acids is 1. The van der Waals surface area contributed by atoms with Crippen molar-refractivity contribution in [2.45, 2.75) is 38.8 Å². The van der Waals surface area contributed by atoms with Crippen LogP contribution in [0.1, 0.15) is 26.7 Å². The molecule has 1 saturated heterocycles. The van der Waals surface area contributed by atoms with Gasteiger partial charge in [-0.25, -0.2) is 8.42 Å². The molecule has 0 aromatic heterocycles. The average molecular weight is 249 g/mol. The van der Waals surface area contributed by atoms with Crippen LogP contribution in [0.15, 0.2) is 0 Å². The van der Waals surface area contributed by atoms with Gasteiger partial charge in [0, 0.05) is 12.1 Å². The highest BCUT2D eigenvalue weighted by Crippen LogP contribution is 2.14. The predicted molar refractivity (Wildman–Crippen MR) is 61.1 cm³/mol. The Morgan fingerprint density at radius 3 is 2.56 bits per heavy atom. The summed E-state index contributed by atoms with van der Waals surface area (Å²) in [6.07, 6.45) is 1.46. The maximum Gasteiger partial charge on any atom is 0.307 e. The second-order valence-electron chi connectivity index (χ2n) is 4.54. The van der Waals surface area contributed by atoms with E-state index in [1.807, 2.05) is 0 Å². The Balaban J connectivity index is 2.51. The molecule has 0 aromatic rings. The van der Waals surface area contributed by atoms with Crippen LogP contribution >= 0.6 is 0 Å². The fourth-order valence-electron chi connectivity index (χ4n) is 1.88. The molecule has 0 spiro atoms. The quantitative estimate of drug-likeness (QED) is 0.747. The third-order valence-corrected chi connectivity index (χ3v) is 4.92. The van der Waals surface area contributed by atoms with E-state index < -0.39 is 21.7 Å². The molecule has 1 aliphatic heterocycles. The topological polar surface area (TPSA) is 83.5 Å². The van der Waals surface area contributed by atoms with Crippen LogP contribution in [0.2, 0.25) is 0 Å². The van der Waals surface area contributed by atoms with Gasteiger partial charge in [-0.3, -0.25) is 4.79 Å². The summed E-state index contributed by atoms with van der Waals surface area (Å²) in [5.74, 6) is -0.985. The minimum absolute atomic E-state index is 0.101. The molecular formula is C10H19NO4S. The second kappa shape index (κ2) is 5.14. The van der Waals surface area contributed by atoms with Crippen molar-refractivity contribution in [3.05, 3.63) is 0 Å². The van der Waals surface area contributed by atoms with Crippen molar-refractivity contribution in [2.75, 3.05) is 11.5 Å². The van der Waals surface area contributed by atoms with Gasteiger partial charge < -0.3 is 10.4 Å². The molecule has 16 heavy (non-hydrogen) atoms. The SMILES string of the molecule is CC(NC1CCCS(=O)(=O)C1)C(C)C(=O)O. The molecule has 2 N–H and O–H groups in total. The summed E-state index contributed by atoms with van der Waals surface area (Å²) in [4.78, 5) is 10.8. The zero-order valence-corrected chi connectivity index (χ0v) is 10.5. The van der Waals surface area contributed by atoms with E-state index in [-0.39, 0.29) is 23.6 Å². The number of hydrogen-bond donors (Lipinski definition) is 2. The van der Waals surface area contributed by atoms with Gasteiger partial charge in [-0.15, -0.1) is 0 Å². The Kier molecular flexibility index (Phi) is 4.32. The van der Waals surface area contributed by atoms with Crippen LogP contribution in [0.4, 0.5) is 0 Å². The molecule has 0 aliphatic carbocycles. The van der Waals surface area contributed by atoms with Gasteiger partial charge in [0.2, 0.25) is 0 Å². The van der Waals surface area contributed by atoms with Crippen LogP contribution in [-0.2, 0) is 14.6 Å². The Bertz CT molecular complexity index is 352. The molecule has 1 heterocycles. The first-order valence-corrected chi connectivity index (χ1v) is 7.33. The van der Waals surface area contributed by atoms with Gasteiger partial charge in [-0.1, -0.05) is 6.92 Å². The van der Waals surface area contributed by atoms with Gasteiger partial charge in [0.15, 0.2) is 9.84 Å². The number of hydrogen-bond acceptors (Lipinski definition) is 4. The van der Waals surface area contributed by atoms with Crippen molar-refractivity contribution >= 4 is 15.8 Å². The van der Waals surface area contributed by atoms with E-state index in [0.29, 0.717) is 6.42 Å². The van der Waals surface area contributed by atoms with E-state index in [1.165, 1.54) is 0 Å². The molecule has 0 saturated carbocycles. The van der Waals surface area contributed by atoms with E-state index >= 15 is 0 Å². The zero-order chi connectivity index (χ0) is 12.3. The summed E-state index contributed by atoms with van der Waals surface area (Å²) >= 11 is 0. The highest BCUT2D eigenvalue weighted by atomic mass is 32.2. The number of carbonyl (C=O) groups is 1. The Morgan fingerprint density at radius 2 is 2.06 bits per heavy atom. The van der Waals surface area contributed by atoms with Crippen LogP contribution in [0.5, 0.6) is 0 Å². The fraction of sp³-hybridized carbons (Fsp3) is 0.900. The molecule has 3 unspecified atom stereocenters. The molecule has 94 valence electrons. The first-order valence-electron chi connectivity index (χ1n) is 5.51. The number of sulfone groups is 1. The third kappa shape index (κ3) is 3.75. The minimum atomic E-state index is -2.93. The van der Waals surface area contributed by atoms with Gasteiger partial charge in [0.05, 0.1) is 17.4 Å². The smallest absolute Gasteiger partial charge is 0.307 e. The van der Waals surface area contributed by atoms with Crippen molar-refractivity contribution in [2.24, 2.45) is 5.92 Å². The molecule has 3 atom stereocenters. The van der Waals surface area contributed by atoms with Crippen LogP contribution in [-0.4, -0.2) is 43.1 Å². The Morgan fingerprint density at radius 1 is 1.44 bits per heavy atom. The highest BCUT2D eigenvalue weighted by molar-refractivity contribution is 7.91. The lowest BCUT2D eigenvalue weighted by Gasteiger charge is -2.28. The summed E-state index contributed by atoms with van der Waals surface area (Å²) < 4.78 is 22.8. The third-order valence-electron chi connectivity index (χ3n) is 3.10. The number of nitrogens with one attached hydrogen (secondary N) is 1. The van der Waals surface area contributed by atoms with E-state index in [9.17, 15) is 13.2 Å². The lowest BCUT2D eigenvalue weighted by molar-refractivity contribution is -0.142. The highest BCUT2D eigenvalue weighted by Gasteiger charge is 2.28. The Labute approximate surface area is 96.1 Å². The molecule has 5 nitrogen and oxygen atoms in total. The normalized spacial score (nSPS) is 28.2. The monoisotopic (exact) mass is 249 g/mol. The first-order chi connectivity index (χ1) is 7.32. The van der Waals surface area contributed by atoms with Crippen molar-refractivity contribution in [3.63, 3.8) is 0 Å². The van der Waals surface area contributed by atoms with Crippen molar-refractivity contribution in [1.29, 1.82) is 0 Å². The van der Waals surface area contributed by atoms with Gasteiger partial charge >= 0.3 is 5.97 Å². The summed E-state index contributed by atoms with van der Waals surface area (Å²) in [5, 5.41) is 11.9. The lowest BCUT2D eigenvalue weighted by Crippen LogP contribution is -2.47. The summed E-state index contributed by atoms with van der Waals surface area (Å²) in [6.45, 7) is 3.40. The van der Waals surface area contributed by atoms with Crippen LogP contribution in [0.3, 0.4) is 0 Å². The van der Waals surface area contributed by atoms with Crippen LogP contribution < -0.4 is 5.32 Å². The van der Waals surface area contributed by atoms with Gasteiger partial charge in [-0.2, -0.15) is 0 Å². The van der Waals surface area contributed by atoms with E-state index in [1.54, 1.807) is 13.8 Å². The molecule has 1 fully saturated rings. The van der Waals surface area contributed by atoms with Crippen molar-refractivity contribution in [3.8, 4) is 0 Å². The zero-order valence-electron chi connectivity index (χ0n) is 9.64. The molecule has 0 bridgehead atoms. The van der Waals surface area contributed by atoms with Gasteiger partial charge in [-0.05, 0) is 19.8 Å². The number of carboxylic acid groups (broad SMARTS) is 1.